The second-order valence-electron chi connectivity index (χ2n) is 10.0. The molecule has 0 fully saturated rings. The number of carbonyl (C=O) groups is 2. The van der Waals surface area contributed by atoms with Crippen molar-refractivity contribution >= 4 is 34.1 Å². The predicted molar refractivity (Wildman–Crippen MR) is 168 cm³/mol. The number of rotatable bonds is 9. The average molecular weight is 592 g/mol. The van der Waals surface area contributed by atoms with Crippen LogP contribution in [-0.2, 0) is 9.53 Å². The summed E-state index contributed by atoms with van der Waals surface area (Å²) in [5.41, 5.74) is 8.02. The third-order valence-electron chi connectivity index (χ3n) is 7.18. The molecule has 5 rings (SSSR count). The van der Waals surface area contributed by atoms with Crippen LogP contribution < -0.4 is 21.9 Å². The highest BCUT2D eigenvalue weighted by atomic mass is 16.5. The molecular weight excluding hydrogens is 558 g/mol. The second-order valence-corrected chi connectivity index (χ2v) is 10.0. The van der Waals surface area contributed by atoms with Gasteiger partial charge < -0.3 is 21.1 Å². The number of aromatic nitrogens is 4. The summed E-state index contributed by atoms with van der Waals surface area (Å²) >= 11 is 0. The second kappa shape index (κ2) is 13.2. The quantitative estimate of drug-likeness (QED) is 0.223. The molecule has 0 radical (unpaired) electrons. The van der Waals surface area contributed by atoms with E-state index in [1.165, 1.54) is 6.33 Å². The smallest absolute Gasteiger partial charge is 0.264 e. The molecule has 224 valence electrons. The van der Waals surface area contributed by atoms with E-state index >= 15 is 0 Å². The fraction of sp³-hybridized carbons (Fsp3) is 0.242. The van der Waals surface area contributed by atoms with E-state index < -0.39 is 18.1 Å². The zero-order valence-electron chi connectivity index (χ0n) is 24.7. The highest BCUT2D eigenvalue weighted by molar-refractivity contribution is 6.04. The summed E-state index contributed by atoms with van der Waals surface area (Å²) in [5.74, 6) is 5.37. The first kappa shape index (κ1) is 30.0. The van der Waals surface area contributed by atoms with Crippen molar-refractivity contribution in [1.82, 2.24) is 29.6 Å². The molecule has 0 saturated carbocycles. The zero-order valence-corrected chi connectivity index (χ0v) is 24.7. The largest absolute Gasteiger partial charge is 0.383 e. The van der Waals surface area contributed by atoms with Gasteiger partial charge in [-0.25, -0.2) is 9.97 Å². The first-order valence-corrected chi connectivity index (χ1v) is 14.3. The van der Waals surface area contributed by atoms with Crippen molar-refractivity contribution < 1.29 is 14.3 Å². The monoisotopic (exact) mass is 591 g/mol. The molecule has 0 aliphatic rings. The average Bonchev–Trinajstić information content (AvgIpc) is 3.50. The number of nitrogen functional groups attached to an aromatic ring is 1. The Morgan fingerprint density at radius 2 is 1.89 bits per heavy atom. The number of nitrogens with one attached hydrogen (secondary N) is 2. The molecule has 0 bridgehead atoms. The van der Waals surface area contributed by atoms with Crippen LogP contribution in [0.2, 0.25) is 0 Å². The Labute approximate surface area is 254 Å². The van der Waals surface area contributed by atoms with Crippen molar-refractivity contribution in [3.63, 3.8) is 0 Å². The predicted octanol–water partition coefficient (Wildman–Crippen LogP) is 3.39. The van der Waals surface area contributed by atoms with Gasteiger partial charge in [0.1, 0.15) is 23.8 Å². The lowest BCUT2D eigenvalue weighted by Crippen LogP contribution is -2.36. The standard InChI is InChI=1S/C33H33N7O4/c1-4-26(44-5-2)31(41)36-16-10-13-22-11-9-12-23-19-25(40(33(43)27(22)23)24-14-7-6-8-15-24)21(3)38-32(42)28-29(34)37-20-39-18-17-35-30(28)39/h6-9,11-12,14-15,17-21,26H,4-5,16,34H2,1-3H3,(H,36,41)(H,38,42)/t21-,26+/m0/s1. The molecule has 2 atom stereocenters. The van der Waals surface area contributed by atoms with Crippen LogP contribution in [0.3, 0.4) is 0 Å². The minimum Gasteiger partial charge on any atom is -0.383 e. The van der Waals surface area contributed by atoms with Crippen LogP contribution in [-0.4, -0.2) is 50.0 Å². The highest BCUT2D eigenvalue weighted by Gasteiger charge is 2.23. The van der Waals surface area contributed by atoms with E-state index in [-0.39, 0.29) is 29.4 Å². The van der Waals surface area contributed by atoms with Crippen LogP contribution in [0.4, 0.5) is 5.82 Å². The van der Waals surface area contributed by atoms with Gasteiger partial charge in [0, 0.05) is 35.9 Å². The summed E-state index contributed by atoms with van der Waals surface area (Å²) < 4.78 is 8.64. The molecule has 0 aliphatic carbocycles. The molecule has 4 N–H and O–H groups in total. The van der Waals surface area contributed by atoms with Gasteiger partial charge >= 0.3 is 0 Å². The van der Waals surface area contributed by atoms with Gasteiger partial charge in [-0.2, -0.15) is 0 Å². The number of anilines is 1. The van der Waals surface area contributed by atoms with Crippen molar-refractivity contribution in [2.24, 2.45) is 0 Å². The van der Waals surface area contributed by atoms with Crippen molar-refractivity contribution in [1.29, 1.82) is 0 Å². The fourth-order valence-corrected chi connectivity index (χ4v) is 5.08. The molecule has 3 heterocycles. The van der Waals surface area contributed by atoms with E-state index in [0.29, 0.717) is 46.4 Å². The van der Waals surface area contributed by atoms with Crippen molar-refractivity contribution in [3.8, 4) is 17.5 Å². The number of fused-ring (bicyclic) bond motifs is 2. The SMILES string of the molecule is CCO[C@H](CC)C(=O)NCC#Cc1cccc2cc([C@H](C)NC(=O)c3c(N)ncn4ccnc34)n(-c3ccccc3)c(=O)c12. The van der Waals surface area contributed by atoms with Gasteiger partial charge in [-0.3, -0.25) is 23.4 Å². The van der Waals surface area contributed by atoms with Crippen molar-refractivity contribution in [2.75, 3.05) is 18.9 Å². The Morgan fingerprint density at radius 3 is 2.64 bits per heavy atom. The van der Waals surface area contributed by atoms with Crippen molar-refractivity contribution in [2.45, 2.75) is 39.3 Å². The lowest BCUT2D eigenvalue weighted by molar-refractivity contribution is -0.132. The maximum absolute atomic E-state index is 14.2. The number of hydrogen-bond donors (Lipinski definition) is 3. The first-order chi connectivity index (χ1) is 21.3. The Bertz CT molecular complexity index is 1950. The van der Waals surface area contributed by atoms with E-state index in [0.717, 1.165) is 0 Å². The summed E-state index contributed by atoms with van der Waals surface area (Å²) in [7, 11) is 0. The molecular formula is C33H33N7O4. The third-order valence-corrected chi connectivity index (χ3v) is 7.18. The number of amides is 2. The number of ether oxygens (including phenoxy) is 1. The van der Waals surface area contributed by atoms with Gasteiger partial charge in [-0.05, 0) is 49.9 Å². The molecule has 0 spiro atoms. The van der Waals surface area contributed by atoms with Gasteiger partial charge in [-0.1, -0.05) is 49.1 Å². The lowest BCUT2D eigenvalue weighted by atomic mass is 10.0. The van der Waals surface area contributed by atoms with Crippen LogP contribution in [0, 0.1) is 11.8 Å². The molecule has 11 heteroatoms. The number of carbonyl (C=O) groups excluding carboxylic acids is 2. The van der Waals surface area contributed by atoms with Gasteiger partial charge in [0.25, 0.3) is 11.5 Å². The summed E-state index contributed by atoms with van der Waals surface area (Å²) in [4.78, 5) is 48.4. The molecule has 2 amide bonds. The van der Waals surface area contributed by atoms with E-state index in [9.17, 15) is 14.4 Å². The van der Waals surface area contributed by atoms with E-state index in [1.54, 1.807) is 34.4 Å². The maximum atomic E-state index is 14.2. The summed E-state index contributed by atoms with van der Waals surface area (Å²) in [6.07, 6.45) is 4.75. The molecule has 2 aromatic carbocycles. The van der Waals surface area contributed by atoms with E-state index in [4.69, 9.17) is 10.5 Å². The third kappa shape index (κ3) is 6.02. The maximum Gasteiger partial charge on any atom is 0.264 e. The summed E-state index contributed by atoms with van der Waals surface area (Å²) in [6, 6.07) is 15.9. The minimum atomic E-state index is -0.615. The van der Waals surface area contributed by atoms with Gasteiger partial charge in [0.15, 0.2) is 5.65 Å². The van der Waals surface area contributed by atoms with Crippen LogP contribution in [0.1, 0.15) is 54.8 Å². The number of imidazole rings is 1. The highest BCUT2D eigenvalue weighted by Crippen LogP contribution is 2.24. The van der Waals surface area contributed by atoms with E-state index in [2.05, 4.69) is 32.4 Å². The molecule has 11 nitrogen and oxygen atoms in total. The van der Waals surface area contributed by atoms with Crippen LogP contribution in [0.25, 0.3) is 22.1 Å². The van der Waals surface area contributed by atoms with Gasteiger partial charge in [0.05, 0.1) is 18.0 Å². The minimum absolute atomic E-state index is 0.0508. The molecule has 0 saturated heterocycles. The Kier molecular flexibility index (Phi) is 9.02. The molecule has 3 aromatic heterocycles. The summed E-state index contributed by atoms with van der Waals surface area (Å²) in [5, 5.41) is 6.84. The number of nitrogens with zero attached hydrogens (tertiary/aromatic N) is 4. The van der Waals surface area contributed by atoms with Crippen LogP contribution in [0.15, 0.2) is 78.1 Å². The van der Waals surface area contributed by atoms with Crippen LogP contribution >= 0.6 is 0 Å². The number of hydrogen-bond acceptors (Lipinski definition) is 7. The first-order valence-electron chi connectivity index (χ1n) is 14.3. The lowest BCUT2D eigenvalue weighted by Gasteiger charge is -2.21. The van der Waals surface area contributed by atoms with Crippen molar-refractivity contribution in [3.05, 3.63) is 100 Å². The number of pyridine rings is 1. The number of nitrogens with two attached hydrogens (primary N) is 1. The summed E-state index contributed by atoms with van der Waals surface area (Å²) in [6.45, 7) is 6.07. The Balaban J connectivity index is 1.52. The number of para-hydroxylation sites is 1. The van der Waals surface area contributed by atoms with Crippen LogP contribution in [0.5, 0.6) is 0 Å². The molecule has 5 aromatic rings. The Hall–Kier alpha value is -5.47. The molecule has 0 aliphatic heterocycles. The fourth-order valence-electron chi connectivity index (χ4n) is 5.08. The topological polar surface area (TPSA) is 146 Å². The zero-order chi connectivity index (χ0) is 31.2. The molecule has 44 heavy (non-hydrogen) atoms. The van der Waals surface area contributed by atoms with Gasteiger partial charge in [-0.15, -0.1) is 0 Å². The molecule has 0 unspecified atom stereocenters. The number of benzene rings is 2. The van der Waals surface area contributed by atoms with Gasteiger partial charge in [0.2, 0.25) is 5.91 Å². The van der Waals surface area contributed by atoms with E-state index in [1.807, 2.05) is 62.4 Å². The Morgan fingerprint density at radius 1 is 1.09 bits per heavy atom. The normalized spacial score (nSPS) is 12.3.